The Bertz CT molecular complexity index is 1190. The molecule has 32 heavy (non-hydrogen) atoms. The molecule has 0 bridgehead atoms. The zero-order valence-corrected chi connectivity index (χ0v) is 17.8. The van der Waals surface area contributed by atoms with E-state index in [2.05, 4.69) is 11.9 Å². The van der Waals surface area contributed by atoms with Gasteiger partial charge < -0.3 is 9.84 Å². The van der Waals surface area contributed by atoms with Crippen LogP contribution in [-0.4, -0.2) is 31.0 Å². The number of unbranched alkanes of at least 4 members (excludes halogenated alkanes) is 1. The first kappa shape index (κ1) is 21.2. The topological polar surface area (TPSA) is 90.1 Å². The summed E-state index contributed by atoms with van der Waals surface area (Å²) in [6.07, 6.45) is 3.26. The third kappa shape index (κ3) is 5.00. The number of nitrogens with zero attached hydrogens (tertiary/aromatic N) is 4. The maximum atomic E-state index is 11.0. The van der Waals surface area contributed by atoms with Gasteiger partial charge in [-0.3, -0.25) is 4.98 Å². The van der Waals surface area contributed by atoms with Crippen molar-refractivity contribution in [3.63, 3.8) is 0 Å². The Morgan fingerprint density at radius 1 is 1.00 bits per heavy atom. The molecule has 2 heterocycles. The number of benzene rings is 2. The molecule has 0 fully saturated rings. The maximum absolute atomic E-state index is 11.0. The lowest BCUT2D eigenvalue weighted by Gasteiger charge is -2.09. The predicted molar refractivity (Wildman–Crippen MR) is 121 cm³/mol. The van der Waals surface area contributed by atoms with E-state index in [0.29, 0.717) is 12.2 Å². The number of aryl methyl sites for hydroxylation is 1. The van der Waals surface area contributed by atoms with Gasteiger partial charge in [-0.25, -0.2) is 14.5 Å². The summed E-state index contributed by atoms with van der Waals surface area (Å²) in [4.78, 5) is 20.0. The highest BCUT2D eigenvalue weighted by Gasteiger charge is 2.13. The number of hydrogen-bond acceptors (Lipinski definition) is 5. The second kappa shape index (κ2) is 9.87. The minimum absolute atomic E-state index is 0.207. The second-order valence-electron chi connectivity index (χ2n) is 7.39. The highest BCUT2D eigenvalue weighted by atomic mass is 16.7. The van der Waals surface area contributed by atoms with E-state index in [1.807, 2.05) is 59.3 Å². The SMILES string of the molecule is CCCCc1nc(-c2ccccc2)nn1Cc1ccc(-c2ncccc2OC(=O)O)cc1. The Morgan fingerprint density at radius 2 is 1.78 bits per heavy atom. The summed E-state index contributed by atoms with van der Waals surface area (Å²) in [6, 6.07) is 21.0. The van der Waals surface area contributed by atoms with Gasteiger partial charge in [0.25, 0.3) is 0 Å². The number of pyridine rings is 1. The lowest BCUT2D eigenvalue weighted by molar-refractivity contribution is 0.144. The van der Waals surface area contributed by atoms with Crippen molar-refractivity contribution in [2.75, 3.05) is 0 Å². The van der Waals surface area contributed by atoms with Gasteiger partial charge in [0, 0.05) is 23.7 Å². The summed E-state index contributed by atoms with van der Waals surface area (Å²) in [5.74, 6) is 1.91. The fourth-order valence-electron chi connectivity index (χ4n) is 3.46. The van der Waals surface area contributed by atoms with Crippen LogP contribution < -0.4 is 4.74 Å². The van der Waals surface area contributed by atoms with E-state index in [9.17, 15) is 4.79 Å². The first-order valence-electron chi connectivity index (χ1n) is 10.6. The molecule has 1 N–H and O–H groups in total. The smallest absolute Gasteiger partial charge is 0.449 e. The van der Waals surface area contributed by atoms with Crippen molar-refractivity contribution in [3.05, 3.63) is 84.3 Å². The van der Waals surface area contributed by atoms with Crippen LogP contribution in [0, 0.1) is 0 Å². The summed E-state index contributed by atoms with van der Waals surface area (Å²) >= 11 is 0. The normalized spacial score (nSPS) is 10.8. The first-order valence-corrected chi connectivity index (χ1v) is 10.6. The molecule has 0 aliphatic carbocycles. The molecule has 2 aromatic heterocycles. The molecule has 0 aliphatic heterocycles. The molecule has 0 radical (unpaired) electrons. The highest BCUT2D eigenvalue weighted by Crippen LogP contribution is 2.28. The lowest BCUT2D eigenvalue weighted by Crippen LogP contribution is -2.07. The summed E-state index contributed by atoms with van der Waals surface area (Å²) in [5, 5.41) is 13.7. The number of ether oxygens (including phenoxy) is 1. The van der Waals surface area contributed by atoms with Crippen molar-refractivity contribution < 1.29 is 14.6 Å². The quantitative estimate of drug-likeness (QED) is 0.375. The molecule has 0 unspecified atom stereocenters. The van der Waals surface area contributed by atoms with Crippen LogP contribution in [0.25, 0.3) is 22.6 Å². The van der Waals surface area contributed by atoms with Crippen LogP contribution in [0.4, 0.5) is 4.79 Å². The summed E-state index contributed by atoms with van der Waals surface area (Å²) < 4.78 is 6.82. The zero-order valence-electron chi connectivity index (χ0n) is 17.8. The van der Waals surface area contributed by atoms with E-state index in [1.165, 1.54) is 0 Å². The number of carbonyl (C=O) groups is 1. The van der Waals surface area contributed by atoms with E-state index >= 15 is 0 Å². The Balaban J connectivity index is 1.58. The number of hydrogen-bond donors (Lipinski definition) is 1. The minimum Gasteiger partial charge on any atom is -0.449 e. The summed E-state index contributed by atoms with van der Waals surface area (Å²) in [7, 11) is 0. The fraction of sp³-hybridized carbons (Fsp3) is 0.200. The minimum atomic E-state index is -1.36. The van der Waals surface area contributed by atoms with Crippen LogP contribution in [0.2, 0.25) is 0 Å². The average Bonchev–Trinajstić information content (AvgIpc) is 3.21. The second-order valence-corrected chi connectivity index (χ2v) is 7.39. The largest absolute Gasteiger partial charge is 0.511 e. The lowest BCUT2D eigenvalue weighted by atomic mass is 10.1. The molecule has 0 amide bonds. The molecule has 0 spiro atoms. The maximum Gasteiger partial charge on any atom is 0.511 e. The highest BCUT2D eigenvalue weighted by molar-refractivity contribution is 5.71. The first-order chi connectivity index (χ1) is 15.6. The van der Waals surface area contributed by atoms with Crippen LogP contribution >= 0.6 is 0 Å². The van der Waals surface area contributed by atoms with Crippen LogP contribution in [0.3, 0.4) is 0 Å². The fourth-order valence-corrected chi connectivity index (χ4v) is 3.46. The van der Waals surface area contributed by atoms with Gasteiger partial charge in [0.2, 0.25) is 0 Å². The number of carboxylic acid groups (broad SMARTS) is 1. The molecule has 4 aromatic rings. The third-order valence-electron chi connectivity index (χ3n) is 5.06. The van der Waals surface area contributed by atoms with Gasteiger partial charge in [0.1, 0.15) is 11.5 Å². The molecule has 7 nitrogen and oxygen atoms in total. The zero-order chi connectivity index (χ0) is 22.3. The third-order valence-corrected chi connectivity index (χ3v) is 5.06. The van der Waals surface area contributed by atoms with E-state index in [1.54, 1.807) is 18.3 Å². The van der Waals surface area contributed by atoms with Crippen LogP contribution in [0.1, 0.15) is 31.2 Å². The van der Waals surface area contributed by atoms with E-state index in [-0.39, 0.29) is 5.75 Å². The molecule has 0 aliphatic rings. The van der Waals surface area contributed by atoms with Gasteiger partial charge in [-0.1, -0.05) is 67.9 Å². The van der Waals surface area contributed by atoms with Gasteiger partial charge in [-0.15, -0.1) is 0 Å². The monoisotopic (exact) mass is 428 g/mol. The molecule has 7 heteroatoms. The van der Waals surface area contributed by atoms with Crippen LogP contribution in [-0.2, 0) is 13.0 Å². The predicted octanol–water partition coefficient (Wildman–Crippen LogP) is 5.45. The van der Waals surface area contributed by atoms with Gasteiger partial charge in [-0.05, 0) is 24.1 Å². The van der Waals surface area contributed by atoms with Crippen molar-refractivity contribution in [2.45, 2.75) is 32.7 Å². The van der Waals surface area contributed by atoms with E-state index in [4.69, 9.17) is 19.9 Å². The molecular weight excluding hydrogens is 404 g/mol. The van der Waals surface area contributed by atoms with Crippen molar-refractivity contribution >= 4 is 6.16 Å². The number of rotatable bonds is 8. The van der Waals surface area contributed by atoms with Crippen molar-refractivity contribution in [1.82, 2.24) is 19.7 Å². The van der Waals surface area contributed by atoms with Crippen LogP contribution in [0.15, 0.2) is 72.9 Å². The summed E-state index contributed by atoms with van der Waals surface area (Å²) in [6.45, 7) is 2.76. The van der Waals surface area contributed by atoms with Gasteiger partial charge in [-0.2, -0.15) is 5.10 Å². The molecule has 0 atom stereocenters. The Labute approximate surface area is 186 Å². The molecular formula is C25H24N4O3. The molecule has 4 rings (SSSR count). The Morgan fingerprint density at radius 3 is 2.50 bits per heavy atom. The van der Waals surface area contributed by atoms with Gasteiger partial charge >= 0.3 is 6.16 Å². The van der Waals surface area contributed by atoms with Crippen molar-refractivity contribution in [2.24, 2.45) is 0 Å². The number of aromatic nitrogens is 4. The van der Waals surface area contributed by atoms with Gasteiger partial charge in [0.15, 0.2) is 11.6 Å². The van der Waals surface area contributed by atoms with E-state index in [0.717, 1.165) is 47.6 Å². The van der Waals surface area contributed by atoms with Gasteiger partial charge in [0.05, 0.1) is 6.54 Å². The van der Waals surface area contributed by atoms with E-state index < -0.39 is 6.16 Å². The Hall–Kier alpha value is -4.00. The molecule has 0 saturated carbocycles. The van der Waals surface area contributed by atoms with Crippen molar-refractivity contribution in [3.8, 4) is 28.4 Å². The Kier molecular flexibility index (Phi) is 6.55. The standard InChI is InChI=1S/C25H24N4O3/c1-2-3-11-22-27-24(20-8-5-4-6-9-20)28-29(22)17-18-12-14-19(15-13-18)23-21(32-25(30)31)10-7-16-26-23/h4-10,12-16H,2-3,11,17H2,1H3,(H,30,31). The van der Waals surface area contributed by atoms with Crippen molar-refractivity contribution in [1.29, 1.82) is 0 Å². The average molecular weight is 428 g/mol. The molecule has 0 saturated heterocycles. The molecule has 2 aromatic carbocycles. The molecule has 162 valence electrons. The van der Waals surface area contributed by atoms with Crippen LogP contribution in [0.5, 0.6) is 5.75 Å². The summed E-state index contributed by atoms with van der Waals surface area (Å²) in [5.41, 5.74) is 3.32.